The Hall–Kier alpha value is -2.20. The van der Waals surface area contributed by atoms with Gasteiger partial charge in [0.1, 0.15) is 11.5 Å². The smallest absolute Gasteiger partial charge is 0.138 e. The SMILES string of the molecule is COc1ccc(-n2cc3cc(OC)c(Cl)cc3n2)c(C)c1. The predicted molar refractivity (Wildman–Crippen MR) is 83.9 cm³/mol. The molecule has 0 bridgehead atoms. The molecule has 108 valence electrons. The zero-order valence-corrected chi connectivity index (χ0v) is 12.8. The number of aryl methyl sites for hydroxylation is 1. The minimum absolute atomic E-state index is 0.557. The van der Waals surface area contributed by atoms with E-state index >= 15 is 0 Å². The Kier molecular flexibility index (Phi) is 3.47. The van der Waals surface area contributed by atoms with Crippen molar-refractivity contribution in [2.45, 2.75) is 6.92 Å². The molecule has 0 amide bonds. The summed E-state index contributed by atoms with van der Waals surface area (Å²) in [6, 6.07) is 9.58. The first-order valence-corrected chi connectivity index (χ1v) is 6.88. The molecule has 3 rings (SSSR count). The molecule has 0 N–H and O–H groups in total. The molecule has 0 aliphatic rings. The van der Waals surface area contributed by atoms with E-state index in [1.807, 2.05) is 48.1 Å². The summed E-state index contributed by atoms with van der Waals surface area (Å²) in [6.45, 7) is 2.03. The van der Waals surface area contributed by atoms with Crippen molar-refractivity contribution in [1.29, 1.82) is 0 Å². The molecule has 1 aromatic heterocycles. The van der Waals surface area contributed by atoms with Gasteiger partial charge in [-0.15, -0.1) is 0 Å². The van der Waals surface area contributed by atoms with Crippen LogP contribution in [0.2, 0.25) is 5.02 Å². The Labute approximate surface area is 127 Å². The van der Waals surface area contributed by atoms with Crippen LogP contribution in [-0.2, 0) is 0 Å². The number of hydrogen-bond donors (Lipinski definition) is 0. The van der Waals surface area contributed by atoms with Crippen molar-refractivity contribution in [3.8, 4) is 17.2 Å². The van der Waals surface area contributed by atoms with Gasteiger partial charge in [0.15, 0.2) is 0 Å². The number of halogens is 1. The van der Waals surface area contributed by atoms with Crippen molar-refractivity contribution in [3.05, 3.63) is 47.1 Å². The quantitative estimate of drug-likeness (QED) is 0.733. The van der Waals surface area contributed by atoms with Gasteiger partial charge in [-0.2, -0.15) is 5.10 Å². The first-order valence-electron chi connectivity index (χ1n) is 6.50. The molecule has 0 saturated carbocycles. The van der Waals surface area contributed by atoms with Crippen LogP contribution in [0.5, 0.6) is 11.5 Å². The van der Waals surface area contributed by atoms with Gasteiger partial charge >= 0.3 is 0 Å². The number of aromatic nitrogens is 2. The summed E-state index contributed by atoms with van der Waals surface area (Å²) in [7, 11) is 3.26. The van der Waals surface area contributed by atoms with E-state index in [-0.39, 0.29) is 0 Å². The Bertz CT molecular complexity index is 811. The van der Waals surface area contributed by atoms with Crippen molar-refractivity contribution in [2.75, 3.05) is 14.2 Å². The number of ether oxygens (including phenoxy) is 2. The molecule has 0 unspecified atom stereocenters. The van der Waals surface area contributed by atoms with Gasteiger partial charge in [-0.3, -0.25) is 0 Å². The van der Waals surface area contributed by atoms with Gasteiger partial charge in [-0.25, -0.2) is 4.68 Å². The normalized spacial score (nSPS) is 10.9. The molecule has 4 nitrogen and oxygen atoms in total. The highest BCUT2D eigenvalue weighted by Crippen LogP contribution is 2.30. The average molecular weight is 303 g/mol. The maximum atomic E-state index is 6.14. The maximum absolute atomic E-state index is 6.14. The lowest BCUT2D eigenvalue weighted by Gasteiger charge is -2.07. The van der Waals surface area contributed by atoms with Gasteiger partial charge < -0.3 is 9.47 Å². The molecule has 0 atom stereocenters. The van der Waals surface area contributed by atoms with Crippen LogP contribution < -0.4 is 9.47 Å². The van der Waals surface area contributed by atoms with Crippen LogP contribution in [-0.4, -0.2) is 24.0 Å². The monoisotopic (exact) mass is 302 g/mol. The third-order valence-electron chi connectivity index (χ3n) is 3.43. The zero-order valence-electron chi connectivity index (χ0n) is 12.1. The summed E-state index contributed by atoms with van der Waals surface area (Å²) < 4.78 is 12.3. The van der Waals surface area contributed by atoms with Crippen LogP contribution in [0.1, 0.15) is 5.56 Å². The molecule has 0 fully saturated rings. The molecule has 2 aromatic carbocycles. The minimum atomic E-state index is 0.557. The Morgan fingerprint density at radius 1 is 1.10 bits per heavy atom. The predicted octanol–water partition coefficient (Wildman–Crippen LogP) is 4.00. The minimum Gasteiger partial charge on any atom is -0.497 e. The lowest BCUT2D eigenvalue weighted by molar-refractivity contribution is 0.414. The van der Waals surface area contributed by atoms with Crippen molar-refractivity contribution in [3.63, 3.8) is 0 Å². The van der Waals surface area contributed by atoms with Gasteiger partial charge in [0, 0.05) is 11.6 Å². The van der Waals surface area contributed by atoms with E-state index in [9.17, 15) is 0 Å². The van der Waals surface area contributed by atoms with Crippen LogP contribution in [0.4, 0.5) is 0 Å². The van der Waals surface area contributed by atoms with E-state index < -0.39 is 0 Å². The lowest BCUT2D eigenvalue weighted by atomic mass is 10.2. The van der Waals surface area contributed by atoms with Gasteiger partial charge in [-0.1, -0.05) is 11.6 Å². The second-order valence-electron chi connectivity index (χ2n) is 4.77. The fourth-order valence-electron chi connectivity index (χ4n) is 2.32. The van der Waals surface area contributed by atoms with Crippen LogP contribution in [0.25, 0.3) is 16.6 Å². The molecule has 3 aromatic rings. The van der Waals surface area contributed by atoms with E-state index in [4.69, 9.17) is 21.1 Å². The molecular formula is C16H15ClN2O2. The number of nitrogens with zero attached hydrogens (tertiary/aromatic N) is 2. The summed E-state index contributed by atoms with van der Waals surface area (Å²) in [5.74, 6) is 1.48. The van der Waals surface area contributed by atoms with E-state index in [1.165, 1.54) is 0 Å². The maximum Gasteiger partial charge on any atom is 0.138 e. The molecule has 0 aliphatic carbocycles. The van der Waals surface area contributed by atoms with Gasteiger partial charge in [0.2, 0.25) is 0 Å². The Morgan fingerprint density at radius 3 is 2.57 bits per heavy atom. The van der Waals surface area contributed by atoms with Crippen molar-refractivity contribution in [1.82, 2.24) is 9.78 Å². The highest BCUT2D eigenvalue weighted by molar-refractivity contribution is 6.32. The van der Waals surface area contributed by atoms with Gasteiger partial charge in [0.05, 0.1) is 30.4 Å². The molecule has 1 heterocycles. The summed E-state index contributed by atoms with van der Waals surface area (Å²) in [5, 5.41) is 6.11. The number of benzene rings is 2. The highest BCUT2D eigenvalue weighted by Gasteiger charge is 2.09. The van der Waals surface area contributed by atoms with Crippen LogP contribution in [0.3, 0.4) is 0 Å². The topological polar surface area (TPSA) is 36.3 Å². The van der Waals surface area contributed by atoms with Crippen molar-refractivity contribution in [2.24, 2.45) is 0 Å². The van der Waals surface area contributed by atoms with Crippen LogP contribution in [0.15, 0.2) is 36.5 Å². The fraction of sp³-hybridized carbons (Fsp3) is 0.188. The summed E-state index contributed by atoms with van der Waals surface area (Å²) in [6.07, 6.45) is 1.96. The first-order chi connectivity index (χ1) is 10.1. The van der Waals surface area contributed by atoms with Crippen LogP contribution in [0, 0.1) is 6.92 Å². The summed E-state index contributed by atoms with van der Waals surface area (Å²) >= 11 is 6.14. The van der Waals surface area contributed by atoms with Crippen molar-refractivity contribution >= 4 is 22.5 Å². The van der Waals surface area contributed by atoms with E-state index in [0.717, 1.165) is 27.9 Å². The molecular weight excluding hydrogens is 288 g/mol. The third-order valence-corrected chi connectivity index (χ3v) is 3.72. The lowest BCUT2D eigenvalue weighted by Crippen LogP contribution is -1.97. The van der Waals surface area contributed by atoms with E-state index in [1.54, 1.807) is 14.2 Å². The molecule has 0 spiro atoms. The largest absolute Gasteiger partial charge is 0.497 e. The number of fused-ring (bicyclic) bond motifs is 1. The highest BCUT2D eigenvalue weighted by atomic mass is 35.5. The average Bonchev–Trinajstić information content (AvgIpc) is 2.88. The molecule has 0 radical (unpaired) electrons. The second kappa shape index (κ2) is 5.30. The third kappa shape index (κ3) is 2.43. The van der Waals surface area contributed by atoms with Crippen molar-refractivity contribution < 1.29 is 9.47 Å². The molecule has 5 heteroatoms. The Balaban J connectivity index is 2.13. The zero-order chi connectivity index (χ0) is 15.0. The number of rotatable bonds is 3. The number of methoxy groups -OCH3 is 2. The standard InChI is InChI=1S/C16H15ClN2O2/c1-10-6-12(20-2)4-5-15(10)19-9-11-7-16(21-3)13(17)8-14(11)18-19/h4-9H,1-3H3. The summed E-state index contributed by atoms with van der Waals surface area (Å²) in [4.78, 5) is 0. The molecule has 21 heavy (non-hydrogen) atoms. The Morgan fingerprint density at radius 2 is 1.90 bits per heavy atom. The number of hydrogen-bond acceptors (Lipinski definition) is 3. The molecule has 0 aliphatic heterocycles. The van der Waals surface area contributed by atoms with E-state index in [0.29, 0.717) is 10.8 Å². The van der Waals surface area contributed by atoms with Gasteiger partial charge in [0.25, 0.3) is 0 Å². The second-order valence-corrected chi connectivity index (χ2v) is 5.18. The van der Waals surface area contributed by atoms with Crippen LogP contribution >= 0.6 is 11.6 Å². The fourth-order valence-corrected chi connectivity index (χ4v) is 2.55. The first kappa shape index (κ1) is 13.8. The van der Waals surface area contributed by atoms with E-state index in [2.05, 4.69) is 5.10 Å². The molecule has 0 saturated heterocycles. The summed E-state index contributed by atoms with van der Waals surface area (Å²) in [5.41, 5.74) is 2.92. The van der Waals surface area contributed by atoms with Gasteiger partial charge in [-0.05, 0) is 42.8 Å².